The van der Waals surface area contributed by atoms with Crippen molar-refractivity contribution in [2.75, 3.05) is 71.9 Å². The number of halogens is 1. The fraction of sp³-hybridized carbons (Fsp3) is 0.423. The average molecular weight is 708 g/mol. The number of aryl methyl sites for hydroxylation is 1. The maximum Gasteiger partial charge on any atom is -1.00 e. The molecule has 0 aliphatic carbocycles. The van der Waals surface area contributed by atoms with Gasteiger partial charge < -0.3 is 24.0 Å². The number of fused-ring (bicyclic) bond motifs is 2. The topological polar surface area (TPSA) is 53.3 Å². The number of hydrogen-bond acceptors (Lipinski definition) is 6. The Bertz CT molecular complexity index is 1100. The van der Waals surface area contributed by atoms with Crippen LogP contribution in [-0.2, 0) is 21.3 Å². The van der Waals surface area contributed by atoms with Crippen LogP contribution >= 0.6 is 0 Å². The van der Waals surface area contributed by atoms with Crippen molar-refractivity contribution in [3.05, 3.63) is 45.7 Å². The van der Waals surface area contributed by atoms with E-state index in [0.717, 1.165) is 11.5 Å². The molecule has 0 saturated heterocycles. The van der Waals surface area contributed by atoms with Gasteiger partial charge in [0.25, 0.3) is 0 Å². The molecule has 0 atom stereocenters. The van der Waals surface area contributed by atoms with Gasteiger partial charge in [-0.2, -0.15) is 0 Å². The number of rotatable bonds is 3. The summed E-state index contributed by atoms with van der Waals surface area (Å²) >= 11 is -0.538. The van der Waals surface area contributed by atoms with E-state index in [1.165, 1.54) is 23.9 Å². The van der Waals surface area contributed by atoms with E-state index in [2.05, 4.69) is 79.2 Å². The molecule has 35 heavy (non-hydrogen) atoms. The van der Waals surface area contributed by atoms with Gasteiger partial charge in [-0.05, 0) is 0 Å². The van der Waals surface area contributed by atoms with Crippen LogP contribution in [0.15, 0.2) is 36.4 Å². The molecule has 4 rings (SSSR count). The second kappa shape index (κ2) is 14.4. The van der Waals surface area contributed by atoms with Crippen molar-refractivity contribution in [3.63, 3.8) is 0 Å². The molecule has 1 aliphatic heterocycles. The smallest absolute Gasteiger partial charge is 1.00 e. The molecule has 3 aromatic rings. The second-order valence-corrected chi connectivity index (χ2v) is 11.2. The Morgan fingerprint density at radius 3 is 1.89 bits per heavy atom. The Morgan fingerprint density at radius 2 is 1.31 bits per heavy atom. The summed E-state index contributed by atoms with van der Waals surface area (Å²) in [4.78, 5) is 2.11. The van der Waals surface area contributed by atoms with Crippen LogP contribution < -0.4 is 42.9 Å². The normalized spacial score (nSPS) is 15.9. The zero-order valence-electron chi connectivity index (χ0n) is 20.5. The van der Waals surface area contributed by atoms with Crippen molar-refractivity contribution < 1.29 is 52.2 Å². The van der Waals surface area contributed by atoms with Gasteiger partial charge in [0.2, 0.25) is 0 Å². The minimum Gasteiger partial charge on any atom is -1.00 e. The van der Waals surface area contributed by atoms with E-state index in [9.17, 15) is 0 Å². The van der Waals surface area contributed by atoms with Crippen LogP contribution in [0.25, 0.3) is 21.1 Å². The quantitative estimate of drug-likeness (QED) is 0.214. The van der Waals surface area contributed by atoms with Gasteiger partial charge in [-0.25, -0.2) is 0 Å². The predicted octanol–water partition coefficient (Wildman–Crippen LogP) is -0.217. The van der Waals surface area contributed by atoms with Crippen LogP contribution in [0, 0.1) is 0 Å². The van der Waals surface area contributed by atoms with E-state index in [-0.39, 0.29) is 24.0 Å². The Morgan fingerprint density at radius 1 is 0.771 bits per heavy atom. The minimum absolute atomic E-state index is 0. The molecular weight excluding hydrogens is 675 g/mol. The Balaban J connectivity index is 0.00000342. The summed E-state index contributed by atoms with van der Waals surface area (Å²) in [6.07, 6.45) is 4.44. The summed E-state index contributed by atoms with van der Waals surface area (Å²) < 4.78 is 33.8. The number of nitrogens with zero attached hydrogens (tertiary/aromatic N) is 2. The van der Waals surface area contributed by atoms with Crippen LogP contribution in [0.5, 0.6) is 11.5 Å². The maximum absolute atomic E-state index is 6.06. The van der Waals surface area contributed by atoms with Gasteiger partial charge in [0, 0.05) is 0 Å². The first-order valence-electron chi connectivity index (χ1n) is 11.5. The van der Waals surface area contributed by atoms with Gasteiger partial charge in [-0.3, -0.25) is 0 Å². The molecule has 0 fully saturated rings. The Hall–Kier alpha value is -1.35. The van der Waals surface area contributed by atoms with Gasteiger partial charge >= 0.3 is 212 Å². The molecule has 0 unspecified atom stereocenters. The molecule has 0 amide bonds. The number of ether oxygens (including phenoxy) is 5. The molecule has 7 nitrogen and oxygen atoms in total. The largest absolute Gasteiger partial charge is 1.00 e. The SMILES string of the molecule is CN(C)c1ccc(/C=C/c2[te]c3cc4c(cc3[n+]2C)OCCOCCOCCOCCO4)cc1.[I-]. The molecule has 1 aliphatic rings. The summed E-state index contributed by atoms with van der Waals surface area (Å²) in [5.41, 5.74) is 3.59. The minimum atomic E-state index is -0.538. The first-order valence-corrected chi connectivity index (χ1v) is 13.9. The molecule has 0 radical (unpaired) electrons. The fourth-order valence-electron chi connectivity index (χ4n) is 3.56. The van der Waals surface area contributed by atoms with Gasteiger partial charge in [0.1, 0.15) is 0 Å². The zero-order chi connectivity index (χ0) is 23.8. The third-order valence-corrected chi connectivity index (χ3v) is 8.80. The second-order valence-electron chi connectivity index (χ2n) is 8.12. The summed E-state index contributed by atoms with van der Waals surface area (Å²) in [6, 6.07) is 12.8. The van der Waals surface area contributed by atoms with Crippen molar-refractivity contribution in [1.82, 2.24) is 0 Å². The monoisotopic (exact) mass is 710 g/mol. The Kier molecular flexibility index (Phi) is 11.6. The van der Waals surface area contributed by atoms with Crippen molar-refractivity contribution in [3.8, 4) is 11.5 Å². The number of benzene rings is 2. The fourth-order valence-corrected chi connectivity index (χ4v) is 6.59. The van der Waals surface area contributed by atoms with Crippen LogP contribution in [-0.4, -0.2) is 87.4 Å². The first-order chi connectivity index (χ1) is 16.6. The molecule has 0 N–H and O–H groups in total. The Labute approximate surface area is 234 Å². The standard InChI is InChI=1S/C26H33N2O5Te.HI/c1-27(2)21-7-4-20(5-8-21)6-9-26-28(3)22-18-23-24(19-25(22)34-26)33-17-15-31-13-11-29-10-12-30-14-16-32-23;/h4-9,18-19H,10-17H2,1-3H3;1H/q+1;/p-1. The van der Waals surface area contributed by atoms with Crippen LogP contribution in [0.3, 0.4) is 0 Å². The predicted molar refractivity (Wildman–Crippen MR) is 135 cm³/mol. The summed E-state index contributed by atoms with van der Waals surface area (Å²) in [7, 11) is 6.24. The number of hydrogen-bond donors (Lipinski definition) is 0. The third-order valence-electron chi connectivity index (χ3n) is 5.47. The van der Waals surface area contributed by atoms with Crippen LogP contribution in [0.4, 0.5) is 5.69 Å². The molecule has 9 heteroatoms. The maximum atomic E-state index is 6.06. The van der Waals surface area contributed by atoms with Gasteiger partial charge in [0.05, 0.1) is 0 Å². The molecule has 0 bridgehead atoms. The molecule has 190 valence electrons. The zero-order valence-corrected chi connectivity index (χ0v) is 25.0. The van der Waals surface area contributed by atoms with Crippen molar-refractivity contribution >= 4 is 47.2 Å². The van der Waals surface area contributed by atoms with Gasteiger partial charge in [-0.15, -0.1) is 0 Å². The summed E-state index contributed by atoms with van der Waals surface area (Å²) in [5.74, 6) is 1.52. The van der Waals surface area contributed by atoms with E-state index < -0.39 is 20.4 Å². The van der Waals surface area contributed by atoms with Gasteiger partial charge in [-0.1, -0.05) is 0 Å². The molecule has 1 aromatic heterocycles. The summed E-state index contributed by atoms with van der Waals surface area (Å²) in [6.45, 7) is 4.18. The van der Waals surface area contributed by atoms with Crippen LogP contribution in [0.1, 0.15) is 9.27 Å². The number of anilines is 1. The van der Waals surface area contributed by atoms with Crippen molar-refractivity contribution in [2.24, 2.45) is 7.05 Å². The molecule has 0 saturated carbocycles. The molecule has 2 aromatic carbocycles. The first kappa shape index (κ1) is 28.2. The van der Waals surface area contributed by atoms with E-state index in [1.807, 2.05) is 0 Å². The van der Waals surface area contributed by atoms with E-state index in [1.54, 1.807) is 0 Å². The van der Waals surface area contributed by atoms with E-state index in [4.69, 9.17) is 23.7 Å². The van der Waals surface area contributed by atoms with Crippen LogP contribution in [0.2, 0.25) is 0 Å². The molecule has 2 heterocycles. The molecule has 0 spiro atoms. The van der Waals surface area contributed by atoms with Gasteiger partial charge in [0.15, 0.2) is 0 Å². The van der Waals surface area contributed by atoms with E-state index >= 15 is 0 Å². The average Bonchev–Trinajstić information content (AvgIpc) is 3.14. The summed E-state index contributed by atoms with van der Waals surface area (Å²) in [5, 5.41) is 0. The van der Waals surface area contributed by atoms with Crippen molar-refractivity contribution in [2.45, 2.75) is 0 Å². The number of aromatic nitrogens is 1. The van der Waals surface area contributed by atoms with Crippen molar-refractivity contribution in [1.29, 1.82) is 0 Å². The molecular formula is C26H33IN2O5Te. The third kappa shape index (κ3) is 8.07. The van der Waals surface area contributed by atoms with E-state index in [0.29, 0.717) is 52.9 Å².